The van der Waals surface area contributed by atoms with Crippen LogP contribution in [0.2, 0.25) is 0 Å². The zero-order valence-electron chi connectivity index (χ0n) is 15.2. The van der Waals surface area contributed by atoms with E-state index in [1.165, 1.54) is 35.1 Å². The molecule has 8 heteroatoms. The molecular formula is C19H22F3N3O2. The molecule has 5 nitrogen and oxygen atoms in total. The van der Waals surface area contributed by atoms with Crippen molar-refractivity contribution in [3.05, 3.63) is 54.1 Å². The van der Waals surface area contributed by atoms with Crippen molar-refractivity contribution < 1.29 is 22.7 Å². The van der Waals surface area contributed by atoms with Crippen molar-refractivity contribution in [1.82, 2.24) is 0 Å². The fourth-order valence-corrected chi connectivity index (χ4v) is 2.65. The van der Waals surface area contributed by atoms with Crippen molar-refractivity contribution in [1.29, 1.82) is 0 Å². The fourth-order valence-electron chi connectivity index (χ4n) is 2.65. The number of hydrogen-bond donors (Lipinski definition) is 1. The van der Waals surface area contributed by atoms with Gasteiger partial charge in [-0.05, 0) is 36.4 Å². The number of ether oxygens (including phenoxy) is 1. The smallest absolute Gasteiger partial charge is 0.418 e. The largest absolute Gasteiger partial charge is 0.497 e. The Kier molecular flexibility index (Phi) is 6.68. The number of nitrogens with two attached hydrogens (primary N) is 1. The standard InChI is InChI=1S/C19H22F3N3O2/c1-24(14-7-9-15(27-2)10-8-14)18(26)13-25(12-11-23)17-6-4-3-5-16(17)19(20,21)22/h3-10H,11-13,23H2,1-2H3. The lowest BCUT2D eigenvalue weighted by molar-refractivity contribution is -0.137. The summed E-state index contributed by atoms with van der Waals surface area (Å²) in [6.07, 6.45) is -4.52. The molecule has 2 N–H and O–H groups in total. The van der Waals surface area contributed by atoms with E-state index in [1.54, 1.807) is 31.3 Å². The van der Waals surface area contributed by atoms with Gasteiger partial charge in [0.1, 0.15) is 5.75 Å². The van der Waals surface area contributed by atoms with Crippen LogP contribution in [0, 0.1) is 0 Å². The highest BCUT2D eigenvalue weighted by atomic mass is 19.4. The Bertz CT molecular complexity index is 764. The maximum Gasteiger partial charge on any atom is 0.418 e. The number of anilines is 2. The van der Waals surface area contributed by atoms with Gasteiger partial charge in [0.15, 0.2) is 0 Å². The second kappa shape index (κ2) is 8.77. The molecule has 0 bridgehead atoms. The van der Waals surface area contributed by atoms with Crippen LogP contribution >= 0.6 is 0 Å². The summed E-state index contributed by atoms with van der Waals surface area (Å²) in [6, 6.07) is 12.0. The van der Waals surface area contributed by atoms with Crippen LogP contribution < -0.4 is 20.3 Å². The van der Waals surface area contributed by atoms with E-state index in [0.717, 1.165) is 6.07 Å². The lowest BCUT2D eigenvalue weighted by atomic mass is 10.1. The van der Waals surface area contributed by atoms with E-state index in [4.69, 9.17) is 10.5 Å². The lowest BCUT2D eigenvalue weighted by Crippen LogP contribution is -2.41. The predicted octanol–water partition coefficient (Wildman–Crippen LogP) is 3.14. The Hall–Kier alpha value is -2.74. The second-order valence-corrected chi connectivity index (χ2v) is 5.88. The highest BCUT2D eigenvalue weighted by Gasteiger charge is 2.35. The monoisotopic (exact) mass is 381 g/mol. The number of para-hydroxylation sites is 1. The Balaban J connectivity index is 2.24. The van der Waals surface area contributed by atoms with E-state index >= 15 is 0 Å². The molecule has 0 aromatic heterocycles. The number of halogens is 3. The first-order valence-electron chi connectivity index (χ1n) is 8.29. The fraction of sp³-hybridized carbons (Fsp3) is 0.316. The van der Waals surface area contributed by atoms with Crippen molar-refractivity contribution in [3.63, 3.8) is 0 Å². The third-order valence-corrected chi connectivity index (χ3v) is 4.11. The molecule has 27 heavy (non-hydrogen) atoms. The SMILES string of the molecule is COc1ccc(N(C)C(=O)CN(CCN)c2ccccc2C(F)(F)F)cc1. The van der Waals surface area contributed by atoms with Crippen molar-refractivity contribution in [2.75, 3.05) is 43.6 Å². The molecule has 0 aliphatic rings. The first-order valence-corrected chi connectivity index (χ1v) is 8.29. The quantitative estimate of drug-likeness (QED) is 0.801. The van der Waals surface area contributed by atoms with E-state index in [9.17, 15) is 18.0 Å². The number of benzene rings is 2. The number of carbonyl (C=O) groups is 1. The van der Waals surface area contributed by atoms with E-state index in [1.807, 2.05) is 0 Å². The molecule has 0 heterocycles. The molecule has 0 atom stereocenters. The van der Waals surface area contributed by atoms with Gasteiger partial charge >= 0.3 is 6.18 Å². The maximum atomic E-state index is 13.3. The van der Waals surface area contributed by atoms with E-state index in [-0.39, 0.29) is 31.2 Å². The first-order chi connectivity index (χ1) is 12.8. The summed E-state index contributed by atoms with van der Waals surface area (Å²) >= 11 is 0. The molecule has 0 saturated carbocycles. The second-order valence-electron chi connectivity index (χ2n) is 5.88. The van der Waals surface area contributed by atoms with Gasteiger partial charge in [0.25, 0.3) is 0 Å². The van der Waals surface area contributed by atoms with Crippen LogP contribution in [0.4, 0.5) is 24.5 Å². The van der Waals surface area contributed by atoms with Crippen LogP contribution in [-0.4, -0.2) is 39.7 Å². The summed E-state index contributed by atoms with van der Waals surface area (Å²) in [5.74, 6) is 0.286. The lowest BCUT2D eigenvalue weighted by Gasteiger charge is -2.29. The molecule has 0 spiro atoms. The minimum atomic E-state index is -4.52. The van der Waals surface area contributed by atoms with Crippen LogP contribution in [0.3, 0.4) is 0 Å². The molecule has 0 fully saturated rings. The summed E-state index contributed by atoms with van der Waals surface area (Å²) in [6.45, 7) is 0.00777. The first kappa shape index (κ1) is 20.6. The number of methoxy groups -OCH3 is 1. The third kappa shape index (κ3) is 5.13. The van der Waals surface area contributed by atoms with Gasteiger partial charge in [0.2, 0.25) is 5.91 Å². The summed E-state index contributed by atoms with van der Waals surface area (Å²) < 4.78 is 45.0. The van der Waals surface area contributed by atoms with Crippen LogP contribution in [0.5, 0.6) is 5.75 Å². The predicted molar refractivity (Wildman–Crippen MR) is 99.1 cm³/mol. The van der Waals surface area contributed by atoms with Gasteiger partial charge in [-0.3, -0.25) is 4.79 Å². The molecule has 2 aromatic carbocycles. The Morgan fingerprint density at radius 1 is 1.11 bits per heavy atom. The summed E-state index contributed by atoms with van der Waals surface area (Å²) in [7, 11) is 3.10. The van der Waals surface area contributed by atoms with E-state index in [2.05, 4.69) is 0 Å². The van der Waals surface area contributed by atoms with Gasteiger partial charge in [-0.2, -0.15) is 13.2 Å². The van der Waals surface area contributed by atoms with Crippen molar-refractivity contribution in [3.8, 4) is 5.75 Å². The van der Waals surface area contributed by atoms with E-state index < -0.39 is 11.7 Å². The van der Waals surface area contributed by atoms with E-state index in [0.29, 0.717) is 11.4 Å². The number of carbonyl (C=O) groups excluding carboxylic acids is 1. The van der Waals surface area contributed by atoms with Gasteiger partial charge in [-0.1, -0.05) is 12.1 Å². The van der Waals surface area contributed by atoms with Gasteiger partial charge in [0.05, 0.1) is 19.2 Å². The number of hydrogen-bond acceptors (Lipinski definition) is 4. The van der Waals surface area contributed by atoms with Gasteiger partial charge in [-0.25, -0.2) is 0 Å². The van der Waals surface area contributed by atoms with Crippen LogP contribution in [0.15, 0.2) is 48.5 Å². The van der Waals surface area contributed by atoms with Gasteiger partial charge < -0.3 is 20.3 Å². The third-order valence-electron chi connectivity index (χ3n) is 4.11. The Morgan fingerprint density at radius 3 is 2.30 bits per heavy atom. The number of likely N-dealkylation sites (N-methyl/N-ethyl adjacent to an activating group) is 1. The minimum absolute atomic E-state index is 0.0630. The molecule has 0 aliphatic carbocycles. The number of alkyl halides is 3. The van der Waals surface area contributed by atoms with Crippen LogP contribution in [0.25, 0.3) is 0 Å². The molecule has 2 aromatic rings. The topological polar surface area (TPSA) is 58.8 Å². The molecule has 0 saturated heterocycles. The van der Waals surface area contributed by atoms with Crippen LogP contribution in [0.1, 0.15) is 5.56 Å². The minimum Gasteiger partial charge on any atom is -0.497 e. The number of rotatable bonds is 7. The normalized spacial score (nSPS) is 11.2. The summed E-state index contributed by atoms with van der Waals surface area (Å²) in [4.78, 5) is 15.4. The molecule has 146 valence electrons. The highest BCUT2D eigenvalue weighted by molar-refractivity contribution is 5.96. The average molecular weight is 381 g/mol. The number of amides is 1. The molecule has 0 unspecified atom stereocenters. The highest BCUT2D eigenvalue weighted by Crippen LogP contribution is 2.36. The summed E-state index contributed by atoms with van der Waals surface area (Å²) in [5, 5.41) is 0. The molecule has 0 radical (unpaired) electrons. The average Bonchev–Trinajstić information content (AvgIpc) is 2.66. The molecule has 2 rings (SSSR count). The summed E-state index contributed by atoms with van der Waals surface area (Å²) in [5.41, 5.74) is 5.31. The molecule has 1 amide bonds. The Morgan fingerprint density at radius 2 is 1.74 bits per heavy atom. The van der Waals surface area contributed by atoms with Crippen molar-refractivity contribution >= 4 is 17.3 Å². The number of nitrogens with zero attached hydrogens (tertiary/aromatic N) is 2. The van der Waals surface area contributed by atoms with Crippen molar-refractivity contribution in [2.24, 2.45) is 5.73 Å². The molecular weight excluding hydrogens is 359 g/mol. The zero-order valence-corrected chi connectivity index (χ0v) is 15.2. The van der Waals surface area contributed by atoms with Crippen LogP contribution in [-0.2, 0) is 11.0 Å². The zero-order chi connectivity index (χ0) is 20.0. The Labute approximate surface area is 156 Å². The molecule has 0 aliphatic heterocycles. The van der Waals surface area contributed by atoms with Gasteiger partial charge in [0, 0.05) is 31.5 Å². The van der Waals surface area contributed by atoms with Crippen molar-refractivity contribution in [2.45, 2.75) is 6.18 Å². The van der Waals surface area contributed by atoms with Gasteiger partial charge in [-0.15, -0.1) is 0 Å². The maximum absolute atomic E-state index is 13.3.